The summed E-state index contributed by atoms with van der Waals surface area (Å²) < 4.78 is 0. The van der Waals surface area contributed by atoms with Gasteiger partial charge in [0, 0.05) is 43.9 Å². The molecule has 32 heavy (non-hydrogen) atoms. The summed E-state index contributed by atoms with van der Waals surface area (Å²) in [6, 6.07) is 1.54. The van der Waals surface area contributed by atoms with Crippen molar-refractivity contribution in [2.45, 2.75) is 64.8 Å². The van der Waals surface area contributed by atoms with Crippen LogP contribution in [0, 0.1) is 12.8 Å². The number of aromatic nitrogens is 2. The molecule has 0 unspecified atom stereocenters. The smallest absolute Gasteiger partial charge is 0.325 e. The van der Waals surface area contributed by atoms with Crippen LogP contribution in [0.2, 0.25) is 0 Å². The van der Waals surface area contributed by atoms with Gasteiger partial charge in [-0.15, -0.1) is 0 Å². The average molecular weight is 443 g/mol. The third kappa shape index (κ3) is 4.04. The number of nitrogens with zero attached hydrogens (tertiary/aromatic N) is 5. The molecule has 4 amide bonds. The zero-order valence-corrected chi connectivity index (χ0v) is 19.6. The Bertz CT molecular complexity index is 911. The van der Waals surface area contributed by atoms with Gasteiger partial charge in [-0.2, -0.15) is 0 Å². The maximum Gasteiger partial charge on any atom is 0.325 e. The fourth-order valence-electron chi connectivity index (χ4n) is 5.05. The molecule has 0 aromatic carbocycles. The van der Waals surface area contributed by atoms with Crippen LogP contribution in [0.1, 0.15) is 63.9 Å². The molecular weight excluding hydrogens is 408 g/mol. The van der Waals surface area contributed by atoms with Crippen LogP contribution in [-0.2, 0) is 9.59 Å². The molecule has 2 atom stereocenters. The first-order valence-corrected chi connectivity index (χ1v) is 11.7. The Morgan fingerprint density at radius 3 is 2.56 bits per heavy atom. The highest BCUT2D eigenvalue weighted by Crippen LogP contribution is 2.38. The van der Waals surface area contributed by atoms with Crippen molar-refractivity contribution in [3.05, 3.63) is 17.6 Å². The second kappa shape index (κ2) is 8.67. The van der Waals surface area contributed by atoms with Crippen molar-refractivity contribution in [1.82, 2.24) is 25.1 Å². The van der Waals surface area contributed by atoms with Crippen LogP contribution in [0.5, 0.6) is 0 Å². The fourth-order valence-corrected chi connectivity index (χ4v) is 5.05. The Morgan fingerprint density at radius 2 is 1.91 bits per heavy atom. The zero-order chi connectivity index (χ0) is 23.0. The van der Waals surface area contributed by atoms with E-state index in [1.165, 1.54) is 0 Å². The number of urea groups is 1. The SMILES string of the molecule is Cc1cc(N2CCN(C(=O)CN3C(=O)N[C@@]4(CCCC[C@@H]4C)C3=O)CC2)nc(C(C)C)n1. The number of rotatable bonds is 4. The predicted octanol–water partition coefficient (Wildman–Crippen LogP) is 2.06. The molecule has 1 aromatic heterocycles. The molecule has 9 nitrogen and oxygen atoms in total. The number of hydrogen-bond acceptors (Lipinski definition) is 6. The molecule has 3 heterocycles. The quantitative estimate of drug-likeness (QED) is 0.717. The van der Waals surface area contributed by atoms with E-state index in [1.54, 1.807) is 4.90 Å². The van der Waals surface area contributed by atoms with Gasteiger partial charge in [-0.05, 0) is 25.7 Å². The van der Waals surface area contributed by atoms with Gasteiger partial charge in [0.25, 0.3) is 5.91 Å². The first-order chi connectivity index (χ1) is 15.2. The van der Waals surface area contributed by atoms with Crippen molar-refractivity contribution in [3.63, 3.8) is 0 Å². The lowest BCUT2D eigenvalue weighted by atomic mass is 9.73. The normalized spacial score (nSPS) is 26.3. The number of piperazine rings is 1. The molecule has 0 bridgehead atoms. The Hall–Kier alpha value is -2.71. The molecule has 1 aliphatic carbocycles. The van der Waals surface area contributed by atoms with Gasteiger partial charge in [0.2, 0.25) is 5.91 Å². The van der Waals surface area contributed by atoms with Crippen LogP contribution in [0.25, 0.3) is 0 Å². The van der Waals surface area contributed by atoms with E-state index in [4.69, 9.17) is 4.98 Å². The maximum atomic E-state index is 13.1. The van der Waals surface area contributed by atoms with Crippen LogP contribution in [0.15, 0.2) is 6.07 Å². The summed E-state index contributed by atoms with van der Waals surface area (Å²) in [5.41, 5.74) is 0.106. The third-order valence-corrected chi connectivity index (χ3v) is 7.13. The summed E-state index contributed by atoms with van der Waals surface area (Å²) >= 11 is 0. The van der Waals surface area contributed by atoms with E-state index in [0.29, 0.717) is 32.6 Å². The highest BCUT2D eigenvalue weighted by atomic mass is 16.2. The monoisotopic (exact) mass is 442 g/mol. The largest absolute Gasteiger partial charge is 0.353 e. The van der Waals surface area contributed by atoms with E-state index >= 15 is 0 Å². The lowest BCUT2D eigenvalue weighted by molar-refractivity contribution is -0.140. The van der Waals surface area contributed by atoms with Gasteiger partial charge in [0.05, 0.1) is 0 Å². The minimum Gasteiger partial charge on any atom is -0.353 e. The highest BCUT2D eigenvalue weighted by molar-refractivity contribution is 6.09. The molecule has 9 heteroatoms. The van der Waals surface area contributed by atoms with E-state index in [0.717, 1.165) is 41.5 Å². The van der Waals surface area contributed by atoms with E-state index < -0.39 is 11.6 Å². The molecule has 0 radical (unpaired) electrons. The zero-order valence-electron chi connectivity index (χ0n) is 19.6. The summed E-state index contributed by atoms with van der Waals surface area (Å²) in [5, 5.41) is 2.92. The van der Waals surface area contributed by atoms with Crippen molar-refractivity contribution < 1.29 is 14.4 Å². The molecular formula is C23H34N6O3. The number of aryl methyl sites for hydroxylation is 1. The number of carbonyl (C=O) groups excluding carboxylic acids is 3. The molecule has 174 valence electrons. The Labute approximate surface area is 189 Å². The number of hydrogen-bond donors (Lipinski definition) is 1. The van der Waals surface area contributed by atoms with Gasteiger partial charge in [0.15, 0.2) is 0 Å². The lowest BCUT2D eigenvalue weighted by Gasteiger charge is -2.37. The third-order valence-electron chi connectivity index (χ3n) is 7.13. The molecule has 3 fully saturated rings. The number of nitrogens with one attached hydrogen (secondary N) is 1. The van der Waals surface area contributed by atoms with Crippen molar-refractivity contribution in [1.29, 1.82) is 0 Å². The van der Waals surface area contributed by atoms with Crippen LogP contribution in [-0.4, -0.2) is 75.9 Å². The summed E-state index contributed by atoms with van der Waals surface area (Å²) in [4.78, 5) is 52.9. The molecule has 4 rings (SSSR count). The molecule has 1 N–H and O–H groups in total. The Balaban J connectivity index is 1.37. The van der Waals surface area contributed by atoms with E-state index in [9.17, 15) is 14.4 Å². The first-order valence-electron chi connectivity index (χ1n) is 11.7. The predicted molar refractivity (Wildman–Crippen MR) is 120 cm³/mol. The van der Waals surface area contributed by atoms with Crippen molar-refractivity contribution in [2.24, 2.45) is 5.92 Å². The highest BCUT2D eigenvalue weighted by Gasteiger charge is 2.55. The van der Waals surface area contributed by atoms with E-state index in [1.807, 2.05) is 19.9 Å². The molecule has 1 aromatic rings. The van der Waals surface area contributed by atoms with E-state index in [2.05, 4.69) is 29.0 Å². The number of anilines is 1. The van der Waals surface area contributed by atoms with E-state index in [-0.39, 0.29) is 30.2 Å². The standard InChI is InChI=1S/C23H34N6O3/c1-15(2)20-24-17(4)13-18(25-20)27-9-11-28(12-10-27)19(30)14-29-21(31)23(26-22(29)32)8-6-5-7-16(23)3/h13,15-16H,5-12,14H2,1-4H3,(H,26,32)/t16-,23+/m0/s1. The van der Waals surface area contributed by atoms with Gasteiger partial charge in [0.1, 0.15) is 23.7 Å². The minimum absolute atomic E-state index is 0.0865. The van der Waals surface area contributed by atoms with Crippen molar-refractivity contribution in [2.75, 3.05) is 37.6 Å². The number of amides is 4. The topological polar surface area (TPSA) is 98.7 Å². The molecule has 1 saturated carbocycles. The second-order valence-corrected chi connectivity index (χ2v) is 9.69. The minimum atomic E-state index is -0.826. The number of carbonyl (C=O) groups is 3. The van der Waals surface area contributed by atoms with Crippen LogP contribution in [0.3, 0.4) is 0 Å². The number of imide groups is 1. The lowest BCUT2D eigenvalue weighted by Crippen LogP contribution is -2.55. The fraction of sp³-hybridized carbons (Fsp3) is 0.696. The van der Waals surface area contributed by atoms with Crippen LogP contribution >= 0.6 is 0 Å². The van der Waals surface area contributed by atoms with Crippen LogP contribution < -0.4 is 10.2 Å². The molecule has 2 aliphatic heterocycles. The average Bonchev–Trinajstić information content (AvgIpc) is 3.00. The Kier molecular flexibility index (Phi) is 6.09. The summed E-state index contributed by atoms with van der Waals surface area (Å²) in [6.07, 6.45) is 3.55. The van der Waals surface area contributed by atoms with Gasteiger partial charge < -0.3 is 15.1 Å². The Morgan fingerprint density at radius 1 is 1.19 bits per heavy atom. The summed E-state index contributed by atoms with van der Waals surface area (Å²) in [6.45, 7) is 10.3. The molecule has 2 saturated heterocycles. The van der Waals surface area contributed by atoms with Gasteiger partial charge in [-0.25, -0.2) is 14.8 Å². The maximum absolute atomic E-state index is 13.1. The molecule has 1 spiro atoms. The van der Waals surface area contributed by atoms with Gasteiger partial charge in [-0.1, -0.05) is 33.6 Å². The van der Waals surface area contributed by atoms with Crippen LogP contribution in [0.4, 0.5) is 10.6 Å². The molecule has 3 aliphatic rings. The van der Waals surface area contributed by atoms with Gasteiger partial charge in [-0.3, -0.25) is 14.5 Å². The summed E-state index contributed by atoms with van der Waals surface area (Å²) in [5.74, 6) is 1.62. The second-order valence-electron chi connectivity index (χ2n) is 9.69. The van der Waals surface area contributed by atoms with Crippen molar-refractivity contribution in [3.8, 4) is 0 Å². The summed E-state index contributed by atoms with van der Waals surface area (Å²) in [7, 11) is 0. The first kappa shape index (κ1) is 22.5. The van der Waals surface area contributed by atoms with Crippen molar-refractivity contribution >= 4 is 23.7 Å². The van der Waals surface area contributed by atoms with Gasteiger partial charge >= 0.3 is 6.03 Å².